The van der Waals surface area contributed by atoms with Gasteiger partial charge in [0.05, 0.1) is 17.7 Å². The first-order chi connectivity index (χ1) is 9.75. The van der Waals surface area contributed by atoms with Gasteiger partial charge in [0.25, 0.3) is 0 Å². The fraction of sp³-hybridized carbons (Fsp3) is 0.214. The van der Waals surface area contributed by atoms with Crippen molar-refractivity contribution >= 4 is 29.5 Å². The Morgan fingerprint density at radius 1 is 1.24 bits per heavy atom. The van der Waals surface area contributed by atoms with Crippen LogP contribution in [0.4, 0.5) is 0 Å². The molecule has 0 fully saturated rings. The van der Waals surface area contributed by atoms with E-state index < -0.39 is 23.5 Å². The van der Waals surface area contributed by atoms with Crippen molar-refractivity contribution in [2.75, 3.05) is 6.61 Å². The van der Waals surface area contributed by atoms with Gasteiger partial charge in [-0.15, -0.1) is 0 Å². The van der Waals surface area contributed by atoms with Gasteiger partial charge in [-0.2, -0.15) is 0 Å². The second kappa shape index (κ2) is 6.90. The van der Waals surface area contributed by atoms with Gasteiger partial charge in [-0.05, 0) is 24.6 Å². The van der Waals surface area contributed by atoms with Crippen molar-refractivity contribution in [3.8, 4) is 0 Å². The first kappa shape index (κ1) is 16.7. The maximum absolute atomic E-state index is 11.3. The van der Waals surface area contributed by atoms with Crippen molar-refractivity contribution in [2.45, 2.75) is 13.3 Å². The summed E-state index contributed by atoms with van der Waals surface area (Å²) < 4.78 is 4.86. The average Bonchev–Trinajstić information content (AvgIpc) is 2.39. The first-order valence-corrected chi connectivity index (χ1v) is 6.24. The predicted molar refractivity (Wildman–Crippen MR) is 74.8 cm³/mol. The van der Waals surface area contributed by atoms with Crippen LogP contribution in [0.1, 0.15) is 33.2 Å². The molecular weight excluding hydrogens is 300 g/mol. The summed E-state index contributed by atoms with van der Waals surface area (Å²) in [6.45, 7) is 4.75. The number of carbonyl (C=O) groups is 3. The lowest BCUT2D eigenvalue weighted by Gasteiger charge is -2.11. The molecule has 7 heteroatoms. The van der Waals surface area contributed by atoms with Crippen molar-refractivity contribution in [1.29, 1.82) is 0 Å². The Morgan fingerprint density at radius 2 is 1.86 bits per heavy atom. The number of benzene rings is 1. The molecule has 0 bridgehead atoms. The van der Waals surface area contributed by atoms with Crippen LogP contribution in [-0.2, 0) is 16.0 Å². The summed E-state index contributed by atoms with van der Waals surface area (Å²) in [5, 5.41) is 18.3. The zero-order valence-electron chi connectivity index (χ0n) is 11.2. The quantitative estimate of drug-likeness (QED) is 0.618. The van der Waals surface area contributed by atoms with E-state index in [1.54, 1.807) is 0 Å². The maximum Gasteiger partial charge on any atom is 0.336 e. The van der Waals surface area contributed by atoms with Gasteiger partial charge in [0.15, 0.2) is 0 Å². The van der Waals surface area contributed by atoms with E-state index in [1.165, 1.54) is 13.0 Å². The van der Waals surface area contributed by atoms with Crippen molar-refractivity contribution in [3.63, 3.8) is 0 Å². The van der Waals surface area contributed by atoms with Gasteiger partial charge in [0.2, 0.25) is 0 Å². The van der Waals surface area contributed by atoms with Crippen LogP contribution in [0.5, 0.6) is 0 Å². The Bertz CT molecular complexity index is 620. The largest absolute Gasteiger partial charge is 0.478 e. The first-order valence-electron chi connectivity index (χ1n) is 5.86. The predicted octanol–water partition coefficient (Wildman–Crippen LogP) is 2.40. The lowest BCUT2D eigenvalue weighted by Crippen LogP contribution is -2.15. The van der Waals surface area contributed by atoms with Gasteiger partial charge >= 0.3 is 17.9 Å². The molecule has 0 saturated heterocycles. The topological polar surface area (TPSA) is 101 Å². The number of carboxylic acid groups (broad SMARTS) is 2. The molecule has 0 aliphatic carbocycles. The lowest BCUT2D eigenvalue weighted by atomic mass is 9.99. The highest BCUT2D eigenvalue weighted by molar-refractivity contribution is 6.32. The molecule has 1 rings (SSSR count). The van der Waals surface area contributed by atoms with Gasteiger partial charge in [0, 0.05) is 17.0 Å². The van der Waals surface area contributed by atoms with Crippen molar-refractivity contribution in [2.24, 2.45) is 0 Å². The van der Waals surface area contributed by atoms with E-state index in [4.69, 9.17) is 21.4 Å². The molecule has 21 heavy (non-hydrogen) atoms. The number of carboxylic acids is 2. The Morgan fingerprint density at radius 3 is 2.33 bits per heavy atom. The van der Waals surface area contributed by atoms with E-state index in [0.29, 0.717) is 0 Å². The molecule has 1 aromatic rings. The zero-order valence-corrected chi connectivity index (χ0v) is 11.9. The Balaban J connectivity index is 3.08. The molecule has 112 valence electrons. The molecule has 0 spiro atoms. The van der Waals surface area contributed by atoms with E-state index >= 15 is 0 Å². The van der Waals surface area contributed by atoms with E-state index in [2.05, 4.69) is 6.58 Å². The van der Waals surface area contributed by atoms with E-state index in [-0.39, 0.29) is 34.8 Å². The molecule has 0 unspecified atom stereocenters. The third-order valence-corrected chi connectivity index (χ3v) is 2.99. The highest BCUT2D eigenvalue weighted by Crippen LogP contribution is 2.25. The zero-order chi connectivity index (χ0) is 16.2. The van der Waals surface area contributed by atoms with Crippen LogP contribution in [0.15, 0.2) is 24.3 Å². The Hall–Kier alpha value is -2.34. The highest BCUT2D eigenvalue weighted by atomic mass is 35.5. The van der Waals surface area contributed by atoms with Crippen molar-refractivity contribution in [1.82, 2.24) is 0 Å². The van der Waals surface area contributed by atoms with E-state index in [9.17, 15) is 19.5 Å². The van der Waals surface area contributed by atoms with Crippen LogP contribution in [-0.4, -0.2) is 34.7 Å². The molecule has 1 aromatic carbocycles. The van der Waals surface area contributed by atoms with Gasteiger partial charge < -0.3 is 14.9 Å². The number of ether oxygens (including phenoxy) is 1. The summed E-state index contributed by atoms with van der Waals surface area (Å²) in [6.07, 6.45) is -0.0133. The fourth-order valence-electron chi connectivity index (χ4n) is 1.66. The number of hydrogen-bond donors (Lipinski definition) is 2. The summed E-state index contributed by atoms with van der Waals surface area (Å²) in [7, 11) is 0. The number of aromatic carboxylic acids is 2. The standard InChI is InChI=1S/C14H13ClO6/c1-7(2)14(20)21-6-5-8-10(15)4-3-9(12(16)17)11(8)13(18)19/h3-4H,1,5-6H2,2H3,(H,16,17)(H,18,19). The SMILES string of the molecule is C=C(C)C(=O)OCCc1c(Cl)ccc(C(=O)O)c1C(=O)O. The lowest BCUT2D eigenvalue weighted by molar-refractivity contribution is -0.138. The third-order valence-electron chi connectivity index (χ3n) is 2.63. The molecule has 0 aromatic heterocycles. The van der Waals surface area contributed by atoms with Crippen LogP contribution in [0.2, 0.25) is 5.02 Å². The van der Waals surface area contributed by atoms with Crippen molar-refractivity contribution in [3.05, 3.63) is 46.0 Å². The minimum absolute atomic E-state index is 0.0133. The van der Waals surface area contributed by atoms with Gasteiger partial charge in [-0.25, -0.2) is 14.4 Å². The van der Waals surface area contributed by atoms with Crippen LogP contribution < -0.4 is 0 Å². The van der Waals surface area contributed by atoms with Gasteiger partial charge in [0.1, 0.15) is 0 Å². The second-order valence-corrected chi connectivity index (χ2v) is 4.63. The molecule has 0 amide bonds. The summed E-state index contributed by atoms with van der Waals surface area (Å²) in [6, 6.07) is 2.42. The summed E-state index contributed by atoms with van der Waals surface area (Å²) in [4.78, 5) is 33.6. The highest BCUT2D eigenvalue weighted by Gasteiger charge is 2.22. The van der Waals surface area contributed by atoms with Gasteiger partial charge in [-0.1, -0.05) is 18.2 Å². The van der Waals surface area contributed by atoms with E-state index in [1.807, 2.05) is 0 Å². The van der Waals surface area contributed by atoms with Crippen LogP contribution in [0.25, 0.3) is 0 Å². The number of halogens is 1. The van der Waals surface area contributed by atoms with E-state index in [0.717, 1.165) is 6.07 Å². The molecule has 0 saturated carbocycles. The number of carbonyl (C=O) groups excluding carboxylic acids is 1. The summed E-state index contributed by atoms with van der Waals surface area (Å²) in [5.74, 6) is -3.39. The van der Waals surface area contributed by atoms with Crippen molar-refractivity contribution < 1.29 is 29.3 Å². The average molecular weight is 313 g/mol. The molecule has 0 heterocycles. The molecule has 0 atom stereocenters. The maximum atomic E-state index is 11.3. The normalized spacial score (nSPS) is 10.0. The monoisotopic (exact) mass is 312 g/mol. The van der Waals surface area contributed by atoms with Gasteiger partial charge in [-0.3, -0.25) is 0 Å². The molecule has 6 nitrogen and oxygen atoms in total. The summed E-state index contributed by atoms with van der Waals surface area (Å²) in [5.41, 5.74) is -0.452. The molecule has 0 aliphatic rings. The number of hydrogen-bond acceptors (Lipinski definition) is 4. The molecular formula is C14H13ClO6. The minimum atomic E-state index is -1.41. The Labute approximate surface area is 125 Å². The number of rotatable bonds is 6. The number of esters is 1. The molecule has 0 aliphatic heterocycles. The molecule has 2 N–H and O–H groups in total. The Kier molecular flexibility index (Phi) is 5.49. The van der Waals surface area contributed by atoms with Crippen LogP contribution >= 0.6 is 11.6 Å². The minimum Gasteiger partial charge on any atom is -0.478 e. The van der Waals surface area contributed by atoms with Crippen LogP contribution in [0, 0.1) is 0 Å². The summed E-state index contributed by atoms with van der Waals surface area (Å²) >= 11 is 5.91. The fourth-order valence-corrected chi connectivity index (χ4v) is 1.91. The van der Waals surface area contributed by atoms with Crippen LogP contribution in [0.3, 0.4) is 0 Å². The second-order valence-electron chi connectivity index (χ2n) is 4.23. The third kappa shape index (κ3) is 4.06. The molecule has 0 radical (unpaired) electrons. The smallest absolute Gasteiger partial charge is 0.336 e.